The Morgan fingerprint density at radius 1 is 0.486 bits per heavy atom. The monoisotopic (exact) mass is 898 g/mol. The first-order valence-electron chi connectivity index (χ1n) is 24.9. The van der Waals surface area contributed by atoms with Gasteiger partial charge in [-0.05, 0) is 172 Å². The van der Waals surface area contributed by atoms with Crippen molar-refractivity contribution < 1.29 is 0 Å². The van der Waals surface area contributed by atoms with Gasteiger partial charge in [-0.2, -0.15) is 0 Å². The Hall–Kier alpha value is -8.12. The van der Waals surface area contributed by atoms with Crippen molar-refractivity contribution in [2.24, 2.45) is 0 Å². The second-order valence-corrected chi connectivity index (χ2v) is 20.9. The molecule has 70 heavy (non-hydrogen) atoms. The standard InChI is InChI=1S/C68H54N2/c1-43-21-36-65-58(38-43)59-40-48(49-26-34-56-55-33-20-44(2)39-61(55)68(5,6)62(56)41-49)27-37-66(59)70(65)51-30-24-46(25-31-51)45-22-28-50(29-23-45)69(64-19-13-11-16-53(64)47-14-8-7-9-15-47)52-32-35-57-54-17-10-12-18-60(54)67(3,4)63(57)42-52/h7-8,10-14,16-22,24-28,30-42H,9,15H2,1-6H3. The fourth-order valence-corrected chi connectivity index (χ4v) is 12.1. The van der Waals surface area contributed by atoms with Gasteiger partial charge >= 0.3 is 0 Å². The largest absolute Gasteiger partial charge is 0.309 e. The Kier molecular flexibility index (Phi) is 9.43. The average molecular weight is 899 g/mol. The van der Waals surface area contributed by atoms with Crippen LogP contribution in [0.3, 0.4) is 0 Å². The second kappa shape index (κ2) is 15.7. The fraction of sp³-hybridized carbons (Fsp3) is 0.147. The van der Waals surface area contributed by atoms with Crippen LogP contribution in [0.15, 0.2) is 194 Å². The predicted octanol–water partition coefficient (Wildman–Crippen LogP) is 18.2. The molecule has 9 aromatic carbocycles. The normalized spacial score (nSPS) is 14.7. The lowest BCUT2D eigenvalue weighted by atomic mass is 9.81. The van der Waals surface area contributed by atoms with Gasteiger partial charge < -0.3 is 9.47 Å². The molecule has 336 valence electrons. The van der Waals surface area contributed by atoms with Crippen LogP contribution >= 0.6 is 0 Å². The molecule has 10 aromatic rings. The van der Waals surface area contributed by atoms with Crippen LogP contribution in [0.1, 0.15) is 79.5 Å². The zero-order valence-electron chi connectivity index (χ0n) is 40.8. The van der Waals surface area contributed by atoms with Crippen molar-refractivity contribution in [3.05, 3.63) is 245 Å². The van der Waals surface area contributed by atoms with Crippen LogP contribution in [0.5, 0.6) is 0 Å². The molecule has 0 saturated carbocycles. The molecule has 3 aliphatic carbocycles. The topological polar surface area (TPSA) is 8.17 Å². The molecule has 0 fully saturated rings. The summed E-state index contributed by atoms with van der Waals surface area (Å²) >= 11 is 0. The van der Waals surface area contributed by atoms with Gasteiger partial charge in [-0.3, -0.25) is 0 Å². The van der Waals surface area contributed by atoms with Crippen LogP contribution in [-0.4, -0.2) is 4.57 Å². The maximum Gasteiger partial charge on any atom is 0.0974 e. The van der Waals surface area contributed by atoms with Crippen molar-refractivity contribution in [1.29, 1.82) is 0 Å². The number of para-hydroxylation sites is 1. The summed E-state index contributed by atoms with van der Waals surface area (Å²) in [6.07, 6.45) is 8.79. The molecule has 2 nitrogen and oxygen atoms in total. The molecule has 0 N–H and O–H groups in total. The molecule has 0 radical (unpaired) electrons. The quantitative estimate of drug-likeness (QED) is 0.155. The highest BCUT2D eigenvalue weighted by molar-refractivity contribution is 6.11. The molecule has 0 atom stereocenters. The lowest BCUT2D eigenvalue weighted by molar-refractivity contribution is 0.660. The Morgan fingerprint density at radius 2 is 1.09 bits per heavy atom. The van der Waals surface area contributed by atoms with Crippen LogP contribution in [-0.2, 0) is 10.8 Å². The third kappa shape index (κ3) is 6.49. The Bertz CT molecular complexity index is 3830. The first-order valence-corrected chi connectivity index (χ1v) is 24.9. The van der Waals surface area contributed by atoms with Crippen molar-refractivity contribution in [1.82, 2.24) is 4.57 Å². The van der Waals surface area contributed by atoms with Crippen molar-refractivity contribution >= 4 is 44.4 Å². The lowest BCUT2D eigenvalue weighted by Gasteiger charge is -2.29. The average Bonchev–Trinajstić information content (AvgIpc) is 3.92. The van der Waals surface area contributed by atoms with Crippen LogP contribution in [0.2, 0.25) is 0 Å². The van der Waals surface area contributed by atoms with E-state index in [4.69, 9.17) is 0 Å². The summed E-state index contributed by atoms with van der Waals surface area (Å²) in [5.74, 6) is 0. The minimum Gasteiger partial charge on any atom is -0.309 e. The molecule has 0 aliphatic heterocycles. The van der Waals surface area contributed by atoms with Crippen LogP contribution in [0.4, 0.5) is 17.1 Å². The maximum absolute atomic E-state index is 3.67. The van der Waals surface area contributed by atoms with E-state index in [0.29, 0.717) is 0 Å². The number of hydrogen-bond donors (Lipinski definition) is 0. The van der Waals surface area contributed by atoms with Gasteiger partial charge in [0.25, 0.3) is 0 Å². The second-order valence-electron chi connectivity index (χ2n) is 20.9. The van der Waals surface area contributed by atoms with Gasteiger partial charge in [0, 0.05) is 44.1 Å². The van der Waals surface area contributed by atoms with Gasteiger partial charge in [-0.25, -0.2) is 0 Å². The van der Waals surface area contributed by atoms with E-state index in [1.54, 1.807) is 0 Å². The molecule has 3 aliphatic rings. The summed E-state index contributed by atoms with van der Waals surface area (Å²) in [5, 5.41) is 2.53. The molecular weight excluding hydrogens is 845 g/mol. The Labute approximate surface area is 412 Å². The van der Waals surface area contributed by atoms with E-state index in [1.807, 2.05) is 0 Å². The first kappa shape index (κ1) is 42.0. The van der Waals surface area contributed by atoms with Gasteiger partial charge in [0.05, 0.1) is 22.4 Å². The summed E-state index contributed by atoms with van der Waals surface area (Å²) in [6, 6.07) is 73.3. The van der Waals surface area contributed by atoms with E-state index in [2.05, 4.69) is 257 Å². The highest BCUT2D eigenvalue weighted by atomic mass is 15.1. The van der Waals surface area contributed by atoms with E-state index >= 15 is 0 Å². The van der Waals surface area contributed by atoms with Crippen molar-refractivity contribution in [2.75, 3.05) is 4.90 Å². The van der Waals surface area contributed by atoms with E-state index in [-0.39, 0.29) is 10.8 Å². The number of aromatic nitrogens is 1. The number of aryl methyl sites for hydroxylation is 2. The number of nitrogens with zero attached hydrogens (tertiary/aromatic N) is 2. The van der Waals surface area contributed by atoms with Gasteiger partial charge in [-0.15, -0.1) is 0 Å². The van der Waals surface area contributed by atoms with Crippen molar-refractivity contribution in [2.45, 2.75) is 65.2 Å². The first-order chi connectivity index (χ1) is 34.0. The maximum atomic E-state index is 3.67. The molecule has 0 amide bonds. The number of fused-ring (bicyclic) bond motifs is 9. The third-order valence-electron chi connectivity index (χ3n) is 15.8. The van der Waals surface area contributed by atoms with E-state index in [0.717, 1.165) is 46.7 Å². The van der Waals surface area contributed by atoms with Crippen LogP contribution < -0.4 is 4.90 Å². The third-order valence-corrected chi connectivity index (χ3v) is 15.8. The predicted molar refractivity (Wildman–Crippen MR) is 295 cm³/mol. The van der Waals surface area contributed by atoms with E-state index < -0.39 is 0 Å². The summed E-state index contributed by atoms with van der Waals surface area (Å²) in [7, 11) is 0. The molecule has 0 spiro atoms. The number of rotatable bonds is 7. The van der Waals surface area contributed by atoms with Crippen LogP contribution in [0, 0.1) is 26.0 Å². The smallest absolute Gasteiger partial charge is 0.0974 e. The molecular formula is C68H54N2. The van der Waals surface area contributed by atoms with E-state index in [1.165, 1.54) is 99.7 Å². The fourth-order valence-electron chi connectivity index (χ4n) is 12.1. The number of allylic oxidation sites excluding steroid dienone is 4. The van der Waals surface area contributed by atoms with Gasteiger partial charge in [-0.1, -0.05) is 166 Å². The van der Waals surface area contributed by atoms with Gasteiger partial charge in [0.1, 0.15) is 0 Å². The highest BCUT2D eigenvalue weighted by Gasteiger charge is 2.37. The summed E-state index contributed by atoms with van der Waals surface area (Å²) in [6.45, 7) is 13.8. The summed E-state index contributed by atoms with van der Waals surface area (Å²) in [5.41, 5.74) is 27.2. The molecule has 0 bridgehead atoms. The zero-order chi connectivity index (χ0) is 47.5. The number of benzene rings is 8. The number of hydrogen-bond acceptors (Lipinski definition) is 1. The SMILES string of the molecule is Cc1ccc2c(c1)C(C)(C)c1cc(-c3ccc4c(c3)c3cc(C)ccc3n4-c3ccc(-c4c#cc(N(c5ccc6c(c5)C(C)(C)c5ccccc5-6)c5ccccc5C5=CC=CCC5)cc4)cc3)ccc1-2. The lowest BCUT2D eigenvalue weighted by Crippen LogP contribution is -2.17. The van der Waals surface area contributed by atoms with Gasteiger partial charge in [0.15, 0.2) is 0 Å². The minimum atomic E-state index is -0.121. The van der Waals surface area contributed by atoms with Crippen LogP contribution in [0.25, 0.3) is 77.6 Å². The zero-order valence-corrected chi connectivity index (χ0v) is 40.8. The van der Waals surface area contributed by atoms with Crippen molar-refractivity contribution in [3.63, 3.8) is 0 Å². The molecule has 1 heterocycles. The molecule has 1 aromatic heterocycles. The van der Waals surface area contributed by atoms with E-state index in [9.17, 15) is 0 Å². The Balaban J connectivity index is 0.856. The minimum absolute atomic E-state index is 0.0564. The molecule has 0 saturated heterocycles. The molecule has 2 heteroatoms. The van der Waals surface area contributed by atoms with Crippen molar-refractivity contribution in [3.8, 4) is 50.2 Å². The van der Waals surface area contributed by atoms with Gasteiger partial charge in [0.2, 0.25) is 0 Å². The molecule has 13 rings (SSSR count). The highest BCUT2D eigenvalue weighted by Crippen LogP contribution is 2.52. The summed E-state index contributed by atoms with van der Waals surface area (Å²) < 4.78 is 2.42. The summed E-state index contributed by atoms with van der Waals surface area (Å²) in [4.78, 5) is 2.39. The number of anilines is 3. The molecule has 0 unspecified atom stereocenters. The Morgan fingerprint density at radius 3 is 1.86 bits per heavy atom.